The first kappa shape index (κ1) is 81.5. The summed E-state index contributed by atoms with van der Waals surface area (Å²) in [5, 5.41) is 23.2. The molecule has 0 saturated heterocycles. The number of para-hydroxylation sites is 1. The molecule has 2 nitrogen and oxygen atoms in total. The van der Waals surface area contributed by atoms with E-state index in [0.717, 1.165) is 11.4 Å². The third kappa shape index (κ3) is 13.4. The smallest absolute Gasteiger partial charge is 0.0541 e. The van der Waals surface area contributed by atoms with Crippen molar-refractivity contribution in [1.29, 1.82) is 0 Å². The van der Waals surface area contributed by atoms with Crippen LogP contribution in [0.2, 0.25) is 0 Å². The third-order valence-electron chi connectivity index (χ3n) is 30.4. The first-order valence-electron chi connectivity index (χ1n) is 49.1. The largest absolute Gasteiger partial charge is 0.309 e. The Morgan fingerprint density at radius 2 is 0.468 bits per heavy atom. The quantitative estimate of drug-likeness (QED) is 0.114. The normalized spacial score (nSPS) is 12.9. The zero-order valence-corrected chi connectivity index (χ0v) is 79.6. The van der Waals surface area contributed by atoms with Gasteiger partial charge in [-0.1, -0.05) is 339 Å². The second kappa shape index (κ2) is 33.0. The second-order valence-electron chi connectivity index (χ2n) is 38.5. The van der Waals surface area contributed by atoms with Gasteiger partial charge in [0.25, 0.3) is 0 Å². The zero-order valence-electron chi connectivity index (χ0n) is 77.2. The number of aryl methyl sites for hydroxylation is 6. The van der Waals surface area contributed by atoms with Crippen LogP contribution in [0.25, 0.3) is 259 Å². The van der Waals surface area contributed by atoms with Crippen molar-refractivity contribution in [2.45, 2.75) is 65.2 Å². The highest BCUT2D eigenvalue weighted by molar-refractivity contribution is 7.27. The molecule has 0 N–H and O–H groups in total. The first-order valence-corrected chi connectivity index (χ1v) is 51.6. The van der Waals surface area contributed by atoms with E-state index < -0.39 is 0 Å². The van der Waals surface area contributed by atoms with Gasteiger partial charge in [-0.05, 0) is 327 Å². The van der Waals surface area contributed by atoms with E-state index in [0.29, 0.717) is 0 Å². The number of thiophene rings is 3. The molecule has 2 aliphatic rings. The number of benzene rings is 22. The molecule has 22 aromatic carbocycles. The van der Waals surface area contributed by atoms with E-state index in [2.05, 4.69) is 448 Å². The summed E-state index contributed by atoms with van der Waals surface area (Å²) >= 11 is 5.82. The van der Waals surface area contributed by atoms with Crippen molar-refractivity contribution in [3.8, 4) is 112 Å². The molecule has 0 saturated carbocycles. The molecular formula is C134H92N2S3. The number of rotatable bonds is 11. The number of hydrogen-bond acceptors (Lipinski definition) is 3. The second-order valence-corrected chi connectivity index (χ2v) is 41.6. The van der Waals surface area contributed by atoms with Gasteiger partial charge >= 0.3 is 0 Å². The number of aromatic nitrogens is 2. The Labute approximate surface area is 818 Å². The van der Waals surface area contributed by atoms with Gasteiger partial charge in [0.15, 0.2) is 0 Å². The van der Waals surface area contributed by atoms with Crippen molar-refractivity contribution in [3.05, 3.63) is 458 Å². The highest BCUT2D eigenvalue weighted by atomic mass is 32.1. The molecule has 29 rings (SSSR count). The van der Waals surface area contributed by atoms with Crippen molar-refractivity contribution in [2.75, 3.05) is 0 Å². The van der Waals surface area contributed by atoms with Crippen LogP contribution in [0.15, 0.2) is 425 Å². The van der Waals surface area contributed by atoms with Crippen LogP contribution in [-0.4, -0.2) is 9.13 Å². The minimum Gasteiger partial charge on any atom is -0.309 e. The van der Waals surface area contributed by atoms with E-state index in [-0.39, 0.29) is 0 Å². The van der Waals surface area contributed by atoms with Crippen LogP contribution in [0.3, 0.4) is 0 Å². The fourth-order valence-corrected chi connectivity index (χ4v) is 28.0. The Kier molecular flexibility index (Phi) is 19.3. The summed E-state index contributed by atoms with van der Waals surface area (Å²) in [6.45, 7) is 4.41. The Hall–Kier alpha value is -15.9. The Morgan fingerprint density at radius 1 is 0.173 bits per heavy atom. The predicted molar refractivity (Wildman–Crippen MR) is 602 cm³/mol. The van der Waals surface area contributed by atoms with Crippen molar-refractivity contribution >= 4 is 181 Å². The van der Waals surface area contributed by atoms with Gasteiger partial charge in [-0.2, -0.15) is 0 Å². The topological polar surface area (TPSA) is 9.86 Å². The maximum Gasteiger partial charge on any atom is 0.0541 e. The average molecular weight is 1830 g/mol. The van der Waals surface area contributed by atoms with Crippen molar-refractivity contribution < 1.29 is 0 Å². The summed E-state index contributed by atoms with van der Waals surface area (Å²) in [4.78, 5) is 0. The highest BCUT2D eigenvalue weighted by Crippen LogP contribution is 2.53. The van der Waals surface area contributed by atoms with Crippen LogP contribution in [0, 0.1) is 13.8 Å². The SMILES string of the molecule is Cc1ccc2sc3c(-c4ccc5c(c4)c4ccccc4n5-c4ccc(-c5c6ccccc6c(-c6ccccc6)c6ccccc56)cc4)cc(C)cc3c2c1.c1ccc(-c2c3ccccc3c(-c3ccc(-n4c5ccc(-c6cccc7c6sc6c(-c8ccc9c(c8)CCCC9)cccc67)cc5c5cc(-c6cccc7c6sc6c(-c8ccc9c(c8)CCCC9)cccc67)ccc54)cc3)c3ccccc23)cc1. The molecule has 5 heteroatoms. The van der Waals surface area contributed by atoms with Crippen LogP contribution in [0.5, 0.6) is 0 Å². The Morgan fingerprint density at radius 3 is 0.863 bits per heavy atom. The van der Waals surface area contributed by atoms with E-state index in [9.17, 15) is 0 Å². The molecule has 27 aromatic rings. The molecule has 0 spiro atoms. The van der Waals surface area contributed by atoms with Gasteiger partial charge in [0.05, 0.1) is 22.1 Å². The van der Waals surface area contributed by atoms with E-state index in [4.69, 9.17) is 0 Å². The van der Waals surface area contributed by atoms with Gasteiger partial charge in [-0.25, -0.2) is 0 Å². The van der Waals surface area contributed by atoms with Gasteiger partial charge < -0.3 is 9.13 Å². The van der Waals surface area contributed by atoms with Crippen molar-refractivity contribution in [2.24, 2.45) is 0 Å². The molecular weight excluding hydrogens is 1730 g/mol. The summed E-state index contributed by atoms with van der Waals surface area (Å²) in [6, 6.07) is 160. The molecule has 656 valence electrons. The van der Waals surface area contributed by atoms with Gasteiger partial charge in [0, 0.05) is 93.4 Å². The molecule has 139 heavy (non-hydrogen) atoms. The molecule has 0 unspecified atom stereocenters. The van der Waals surface area contributed by atoms with E-state index in [1.807, 2.05) is 34.0 Å². The lowest BCUT2D eigenvalue weighted by Crippen LogP contribution is -2.02. The molecule has 0 radical (unpaired) electrons. The molecule has 5 heterocycles. The van der Waals surface area contributed by atoms with Crippen LogP contribution >= 0.6 is 34.0 Å². The zero-order chi connectivity index (χ0) is 91.6. The van der Waals surface area contributed by atoms with Crippen molar-refractivity contribution in [1.82, 2.24) is 9.13 Å². The molecule has 0 fully saturated rings. The fourth-order valence-electron chi connectivity index (χ4n) is 24.0. The van der Waals surface area contributed by atoms with Gasteiger partial charge in [-0.3, -0.25) is 0 Å². The summed E-state index contributed by atoms with van der Waals surface area (Å²) < 4.78 is 13.0. The molecule has 0 bridgehead atoms. The monoisotopic (exact) mass is 1820 g/mol. The number of nitrogens with zero attached hydrogens (tertiary/aromatic N) is 2. The Bertz CT molecular complexity index is 9430. The van der Waals surface area contributed by atoms with Crippen LogP contribution in [-0.2, 0) is 25.7 Å². The summed E-state index contributed by atoms with van der Waals surface area (Å²) in [5.41, 5.74) is 38.8. The number of fused-ring (bicyclic) bond motifs is 21. The van der Waals surface area contributed by atoms with Gasteiger partial charge in [0.2, 0.25) is 0 Å². The lowest BCUT2D eigenvalue weighted by Gasteiger charge is -2.18. The molecule has 0 amide bonds. The number of hydrogen-bond donors (Lipinski definition) is 0. The molecule has 5 aromatic heterocycles. The van der Waals surface area contributed by atoms with Gasteiger partial charge in [0.1, 0.15) is 0 Å². The maximum atomic E-state index is 2.51. The third-order valence-corrected chi connectivity index (χ3v) is 34.2. The first-order chi connectivity index (χ1) is 68.7. The van der Waals surface area contributed by atoms with Crippen LogP contribution in [0.4, 0.5) is 0 Å². The summed E-state index contributed by atoms with van der Waals surface area (Å²) in [7, 11) is 0. The summed E-state index contributed by atoms with van der Waals surface area (Å²) in [5.74, 6) is 0. The van der Waals surface area contributed by atoms with Crippen molar-refractivity contribution in [3.63, 3.8) is 0 Å². The lowest BCUT2D eigenvalue weighted by atomic mass is 9.86. The van der Waals surface area contributed by atoms with E-state index in [1.54, 1.807) is 0 Å². The molecule has 2 aliphatic carbocycles. The Balaban J connectivity index is 0.000000151. The minimum absolute atomic E-state index is 1.14. The average Bonchev–Trinajstić information content (AvgIpc) is 1.51. The van der Waals surface area contributed by atoms with Gasteiger partial charge in [-0.15, -0.1) is 34.0 Å². The minimum atomic E-state index is 1.14. The van der Waals surface area contributed by atoms with E-state index >= 15 is 0 Å². The van der Waals surface area contributed by atoms with Crippen LogP contribution < -0.4 is 0 Å². The van der Waals surface area contributed by atoms with E-state index in [1.165, 1.54) is 332 Å². The van der Waals surface area contributed by atoms with Crippen LogP contribution in [0.1, 0.15) is 59.1 Å². The summed E-state index contributed by atoms with van der Waals surface area (Å²) in [6.07, 6.45) is 9.90. The lowest BCUT2D eigenvalue weighted by molar-refractivity contribution is 0.686. The highest BCUT2D eigenvalue weighted by Gasteiger charge is 2.27. The predicted octanol–water partition coefficient (Wildman–Crippen LogP) is 38.7. The standard InChI is InChI=1S/C82H57NS2.C52H35NS/c1-2-18-52(19-3-1)77-65-22-8-10-24-67(65)78(68-25-11-9-23-66(68)77)53-38-42-60(43-39-53)83-75-44-40-58(63-28-14-32-71-69-30-12-26-61(79(69)84-81(63)71)56-36-34-50-16-4-6-20-54(50)46-56)48-73(75)74-49-59(41-45-76(74)83)64-29-15-33-72-70-31-13-27-62(80(70)85-82(64)72)57-37-35-51-17-5-7-21-55(51)47-57;1-32-20-27-49-45(28-32)46-30-33(2)29-43(52(46)54-49)36-23-26-48-44(31-36)38-14-10-11-19-47(38)53(48)37-24-21-35(22-25-37)51-41-17-8-6-15-39(41)50(34-12-4-3-5-13-34)40-16-7-9-18-42(40)51/h1-3,8-15,18-19,22-49H,4-7,16-17,20-21H2;3-31H,1-2H3. The maximum absolute atomic E-state index is 2.51. The molecule has 0 aliphatic heterocycles. The fraction of sp³-hybridized carbons (Fsp3) is 0.0746. The molecule has 0 atom stereocenters.